The molecule has 2 heterocycles. The van der Waals surface area contributed by atoms with E-state index >= 15 is 0 Å². The SMILES string of the molecule is O=C(Nc1ccc2c(c1)N(S(=O)(=O)c1ccc(Cl)cc1)CC2)C1CCCN(S(=O)(=O)c2ccc3ccccc3c2)C1. The topological polar surface area (TPSA) is 104 Å². The summed E-state index contributed by atoms with van der Waals surface area (Å²) < 4.78 is 56.4. The van der Waals surface area contributed by atoms with Crippen LogP contribution in [0.2, 0.25) is 5.02 Å². The molecule has 4 aromatic carbocycles. The number of carbonyl (C=O) groups is 1. The number of nitrogens with one attached hydrogen (secondary N) is 1. The standard InChI is InChI=1S/C30H28ClN3O5S2/c31-25-9-13-27(14-10-25)41(38,39)34-17-15-22-7-11-26(19-29(22)34)32-30(35)24-6-3-16-33(20-24)40(36,37)28-12-8-21-4-1-2-5-23(21)18-28/h1-2,4-5,7-14,18-19,24H,3,6,15-17,20H2,(H,32,35). The van der Waals surface area contributed by atoms with E-state index in [1.807, 2.05) is 30.3 Å². The van der Waals surface area contributed by atoms with Crippen LogP contribution in [0, 0.1) is 5.92 Å². The van der Waals surface area contributed by atoms with Crippen LogP contribution < -0.4 is 9.62 Å². The lowest BCUT2D eigenvalue weighted by Gasteiger charge is -2.31. The largest absolute Gasteiger partial charge is 0.326 e. The van der Waals surface area contributed by atoms with Gasteiger partial charge in [-0.05, 0) is 84.1 Å². The van der Waals surface area contributed by atoms with Gasteiger partial charge < -0.3 is 5.32 Å². The molecule has 0 aliphatic carbocycles. The molecular formula is C30H28ClN3O5S2. The first-order chi connectivity index (χ1) is 19.6. The number of piperidine rings is 1. The zero-order valence-corrected chi connectivity index (χ0v) is 24.4. The molecule has 0 saturated carbocycles. The molecule has 1 fully saturated rings. The summed E-state index contributed by atoms with van der Waals surface area (Å²) in [5.74, 6) is -0.838. The van der Waals surface area contributed by atoms with Crippen molar-refractivity contribution in [1.29, 1.82) is 0 Å². The van der Waals surface area contributed by atoms with Crippen LogP contribution >= 0.6 is 11.6 Å². The van der Waals surface area contributed by atoms with Crippen LogP contribution in [0.25, 0.3) is 10.8 Å². The van der Waals surface area contributed by atoms with Crippen molar-refractivity contribution in [2.24, 2.45) is 5.92 Å². The van der Waals surface area contributed by atoms with E-state index in [4.69, 9.17) is 11.6 Å². The van der Waals surface area contributed by atoms with Crippen molar-refractivity contribution in [1.82, 2.24) is 4.31 Å². The van der Waals surface area contributed by atoms with Gasteiger partial charge in [0.05, 0.1) is 21.4 Å². The van der Waals surface area contributed by atoms with E-state index in [9.17, 15) is 21.6 Å². The number of anilines is 2. The van der Waals surface area contributed by atoms with Crippen molar-refractivity contribution in [3.8, 4) is 0 Å². The molecule has 41 heavy (non-hydrogen) atoms. The summed E-state index contributed by atoms with van der Waals surface area (Å²) in [6, 6.07) is 23.9. The lowest BCUT2D eigenvalue weighted by Crippen LogP contribution is -2.43. The summed E-state index contributed by atoms with van der Waals surface area (Å²) in [6.07, 6.45) is 1.67. The molecule has 1 unspecified atom stereocenters. The fourth-order valence-electron chi connectivity index (χ4n) is 5.51. The Hall–Kier alpha value is -3.44. The highest BCUT2D eigenvalue weighted by Gasteiger charge is 2.34. The summed E-state index contributed by atoms with van der Waals surface area (Å²) in [4.78, 5) is 13.7. The predicted octanol–water partition coefficient (Wildman–Crippen LogP) is 5.28. The molecule has 0 bridgehead atoms. The fraction of sp³-hybridized carbons (Fsp3) is 0.233. The van der Waals surface area contributed by atoms with Gasteiger partial charge in [0.1, 0.15) is 0 Å². The third kappa shape index (κ3) is 5.32. The van der Waals surface area contributed by atoms with Gasteiger partial charge in [-0.3, -0.25) is 9.10 Å². The summed E-state index contributed by atoms with van der Waals surface area (Å²) in [5.41, 5.74) is 1.84. The first kappa shape index (κ1) is 27.7. The minimum atomic E-state index is -3.81. The van der Waals surface area contributed by atoms with E-state index in [1.165, 1.54) is 32.9 Å². The number of nitrogens with zero attached hydrogens (tertiary/aromatic N) is 2. The average molecular weight is 610 g/mol. The number of benzene rings is 4. The minimum absolute atomic E-state index is 0.0724. The Morgan fingerprint density at radius 1 is 0.805 bits per heavy atom. The van der Waals surface area contributed by atoms with Crippen LogP contribution in [-0.4, -0.2) is 46.7 Å². The first-order valence-corrected chi connectivity index (χ1v) is 16.6. The predicted molar refractivity (Wildman–Crippen MR) is 160 cm³/mol. The lowest BCUT2D eigenvalue weighted by molar-refractivity contribution is -0.120. The number of carbonyl (C=O) groups excluding carboxylic acids is 1. The molecule has 1 N–H and O–H groups in total. The zero-order valence-electron chi connectivity index (χ0n) is 22.0. The monoisotopic (exact) mass is 609 g/mol. The number of hydrogen-bond donors (Lipinski definition) is 1. The van der Waals surface area contributed by atoms with Gasteiger partial charge in [0.2, 0.25) is 15.9 Å². The average Bonchev–Trinajstić information content (AvgIpc) is 3.41. The summed E-state index contributed by atoms with van der Waals surface area (Å²) in [7, 11) is -7.59. The van der Waals surface area contributed by atoms with Crippen LogP contribution in [0.3, 0.4) is 0 Å². The Labute approximate surface area is 244 Å². The first-order valence-electron chi connectivity index (χ1n) is 13.3. The van der Waals surface area contributed by atoms with Crippen LogP contribution in [0.15, 0.2) is 94.7 Å². The highest BCUT2D eigenvalue weighted by molar-refractivity contribution is 7.92. The van der Waals surface area contributed by atoms with Crippen molar-refractivity contribution >= 4 is 59.7 Å². The second-order valence-corrected chi connectivity index (χ2v) is 14.6. The van der Waals surface area contributed by atoms with E-state index < -0.39 is 26.0 Å². The molecule has 212 valence electrons. The van der Waals surface area contributed by atoms with Gasteiger partial charge >= 0.3 is 0 Å². The number of rotatable bonds is 6. The van der Waals surface area contributed by atoms with Crippen molar-refractivity contribution in [2.75, 3.05) is 29.3 Å². The van der Waals surface area contributed by atoms with Gasteiger partial charge in [-0.1, -0.05) is 48.0 Å². The molecule has 0 radical (unpaired) electrons. The number of fused-ring (bicyclic) bond motifs is 2. The maximum absolute atomic E-state index is 13.5. The van der Waals surface area contributed by atoms with Gasteiger partial charge in [0.25, 0.3) is 10.0 Å². The molecule has 1 atom stereocenters. The number of sulfonamides is 2. The van der Waals surface area contributed by atoms with Crippen LogP contribution in [0.5, 0.6) is 0 Å². The second kappa shape index (κ2) is 10.8. The minimum Gasteiger partial charge on any atom is -0.326 e. The molecule has 1 saturated heterocycles. The van der Waals surface area contributed by atoms with Crippen molar-refractivity contribution < 1.29 is 21.6 Å². The van der Waals surface area contributed by atoms with Crippen molar-refractivity contribution in [3.63, 3.8) is 0 Å². The fourth-order valence-corrected chi connectivity index (χ4v) is 8.69. The normalized spacial score (nSPS) is 17.9. The number of halogens is 1. The van der Waals surface area contributed by atoms with Crippen molar-refractivity contribution in [3.05, 3.63) is 95.5 Å². The van der Waals surface area contributed by atoms with Crippen LogP contribution in [0.4, 0.5) is 11.4 Å². The van der Waals surface area contributed by atoms with E-state index in [1.54, 1.807) is 30.3 Å². The Kier molecular flexibility index (Phi) is 7.27. The Morgan fingerprint density at radius 3 is 2.32 bits per heavy atom. The highest BCUT2D eigenvalue weighted by Crippen LogP contribution is 2.36. The smallest absolute Gasteiger partial charge is 0.264 e. The molecule has 6 rings (SSSR count). The zero-order chi connectivity index (χ0) is 28.8. The summed E-state index contributed by atoms with van der Waals surface area (Å²) >= 11 is 5.94. The van der Waals surface area contributed by atoms with E-state index in [-0.39, 0.29) is 22.2 Å². The molecule has 11 heteroatoms. The Morgan fingerprint density at radius 2 is 1.54 bits per heavy atom. The molecule has 0 spiro atoms. The quantitative estimate of drug-likeness (QED) is 0.320. The van der Waals surface area contributed by atoms with Gasteiger partial charge in [0.15, 0.2) is 0 Å². The third-order valence-electron chi connectivity index (χ3n) is 7.72. The van der Waals surface area contributed by atoms with E-state index in [0.29, 0.717) is 48.7 Å². The number of amides is 1. The molecule has 4 aromatic rings. The Bertz CT molecular complexity index is 1860. The summed E-state index contributed by atoms with van der Waals surface area (Å²) in [5, 5.41) is 5.14. The second-order valence-electron chi connectivity index (χ2n) is 10.3. The molecule has 2 aliphatic heterocycles. The Balaban J connectivity index is 1.18. The van der Waals surface area contributed by atoms with Gasteiger partial charge in [-0.2, -0.15) is 4.31 Å². The van der Waals surface area contributed by atoms with E-state index in [2.05, 4.69) is 5.32 Å². The summed E-state index contributed by atoms with van der Waals surface area (Å²) in [6.45, 7) is 0.709. The highest BCUT2D eigenvalue weighted by atomic mass is 35.5. The molecule has 1 amide bonds. The molecular weight excluding hydrogens is 582 g/mol. The van der Waals surface area contributed by atoms with Gasteiger partial charge in [-0.25, -0.2) is 16.8 Å². The van der Waals surface area contributed by atoms with Gasteiger partial charge in [0, 0.05) is 30.3 Å². The van der Waals surface area contributed by atoms with Gasteiger partial charge in [-0.15, -0.1) is 0 Å². The molecule has 2 aliphatic rings. The van der Waals surface area contributed by atoms with Crippen molar-refractivity contribution in [2.45, 2.75) is 29.1 Å². The van der Waals surface area contributed by atoms with E-state index in [0.717, 1.165) is 16.3 Å². The van der Waals surface area contributed by atoms with Crippen LogP contribution in [0.1, 0.15) is 18.4 Å². The number of hydrogen-bond acceptors (Lipinski definition) is 5. The molecule has 0 aromatic heterocycles. The third-order valence-corrected chi connectivity index (χ3v) is 11.7. The maximum atomic E-state index is 13.5. The van der Waals surface area contributed by atoms with Crippen LogP contribution in [-0.2, 0) is 31.3 Å². The lowest BCUT2D eigenvalue weighted by atomic mass is 9.98. The maximum Gasteiger partial charge on any atom is 0.264 e. The molecule has 8 nitrogen and oxygen atoms in total.